The van der Waals surface area contributed by atoms with Gasteiger partial charge in [-0.1, -0.05) is 25.5 Å². The number of nitrogens with one attached hydrogen (secondary N) is 1. The van der Waals surface area contributed by atoms with Crippen LogP contribution >= 0.6 is 0 Å². The lowest BCUT2D eigenvalue weighted by Gasteiger charge is -2.21. The summed E-state index contributed by atoms with van der Waals surface area (Å²) in [5.74, 6) is 0.0856. The molecule has 2 N–H and O–H groups in total. The smallest absolute Gasteiger partial charge is 0.224 e. The standard InChI is InChI=1S/C14H19NO2/c1-3-4-12(16)11-7-9(2)14-10(8-11)5-6-13(17)15-14/h7-8,12,16H,3-6H2,1-2H3,(H,15,17). The van der Waals surface area contributed by atoms with Crippen molar-refractivity contribution in [3.63, 3.8) is 0 Å². The highest BCUT2D eigenvalue weighted by Gasteiger charge is 2.19. The van der Waals surface area contributed by atoms with Crippen LogP contribution in [0.25, 0.3) is 0 Å². The van der Waals surface area contributed by atoms with E-state index in [2.05, 4.69) is 12.2 Å². The lowest BCUT2D eigenvalue weighted by Crippen LogP contribution is -2.20. The molecule has 0 aliphatic carbocycles. The highest BCUT2D eigenvalue weighted by atomic mass is 16.3. The molecule has 0 bridgehead atoms. The first-order valence-electron chi connectivity index (χ1n) is 6.23. The number of hydrogen-bond acceptors (Lipinski definition) is 2. The molecule has 0 spiro atoms. The Morgan fingerprint density at radius 1 is 1.41 bits per heavy atom. The van der Waals surface area contributed by atoms with E-state index in [4.69, 9.17) is 0 Å². The molecule has 1 heterocycles. The molecule has 1 aliphatic heterocycles. The van der Waals surface area contributed by atoms with Crippen molar-refractivity contribution in [3.05, 3.63) is 28.8 Å². The van der Waals surface area contributed by atoms with Crippen LogP contribution in [0.3, 0.4) is 0 Å². The maximum absolute atomic E-state index is 11.3. The van der Waals surface area contributed by atoms with Crippen LogP contribution in [0.15, 0.2) is 12.1 Å². The molecule has 0 aromatic heterocycles. The third kappa shape index (κ3) is 2.50. The zero-order valence-corrected chi connectivity index (χ0v) is 10.4. The first-order valence-corrected chi connectivity index (χ1v) is 6.23. The highest BCUT2D eigenvalue weighted by Crippen LogP contribution is 2.31. The first kappa shape index (κ1) is 12.1. The van der Waals surface area contributed by atoms with E-state index in [1.165, 1.54) is 0 Å². The van der Waals surface area contributed by atoms with Gasteiger partial charge in [0.25, 0.3) is 0 Å². The monoisotopic (exact) mass is 233 g/mol. The fourth-order valence-electron chi connectivity index (χ4n) is 2.35. The Balaban J connectivity index is 2.34. The zero-order chi connectivity index (χ0) is 12.4. The van der Waals surface area contributed by atoms with E-state index in [1.54, 1.807) is 0 Å². The van der Waals surface area contributed by atoms with Gasteiger partial charge in [0.2, 0.25) is 5.91 Å². The van der Waals surface area contributed by atoms with Crippen molar-refractivity contribution in [2.45, 2.75) is 45.6 Å². The van der Waals surface area contributed by atoms with Crippen LogP contribution in [0.1, 0.15) is 49.0 Å². The van der Waals surface area contributed by atoms with E-state index in [0.717, 1.165) is 41.6 Å². The second-order valence-electron chi connectivity index (χ2n) is 4.72. The van der Waals surface area contributed by atoms with Crippen molar-refractivity contribution < 1.29 is 9.90 Å². The Hall–Kier alpha value is -1.35. The Kier molecular flexibility index (Phi) is 3.48. The number of hydrogen-bond donors (Lipinski definition) is 2. The van der Waals surface area contributed by atoms with Gasteiger partial charge in [0.05, 0.1) is 6.10 Å². The minimum absolute atomic E-state index is 0.0856. The second kappa shape index (κ2) is 4.88. The van der Waals surface area contributed by atoms with Gasteiger partial charge in [-0.15, -0.1) is 0 Å². The highest BCUT2D eigenvalue weighted by molar-refractivity contribution is 5.94. The fourth-order valence-corrected chi connectivity index (χ4v) is 2.35. The van der Waals surface area contributed by atoms with Crippen LogP contribution in [-0.2, 0) is 11.2 Å². The predicted octanol–water partition coefficient (Wildman–Crippen LogP) is 2.71. The molecule has 1 unspecified atom stereocenters. The average Bonchev–Trinajstić information content (AvgIpc) is 2.30. The normalized spacial score (nSPS) is 16.3. The van der Waals surface area contributed by atoms with Crippen LogP contribution in [0.4, 0.5) is 5.69 Å². The van der Waals surface area contributed by atoms with E-state index in [1.807, 2.05) is 19.1 Å². The second-order valence-corrected chi connectivity index (χ2v) is 4.72. The third-order valence-corrected chi connectivity index (χ3v) is 3.27. The van der Waals surface area contributed by atoms with Crippen molar-refractivity contribution in [2.24, 2.45) is 0 Å². The van der Waals surface area contributed by atoms with Crippen molar-refractivity contribution in [1.82, 2.24) is 0 Å². The van der Waals surface area contributed by atoms with Crippen molar-refractivity contribution >= 4 is 11.6 Å². The van der Waals surface area contributed by atoms with Crippen LogP contribution in [0, 0.1) is 6.92 Å². The number of benzene rings is 1. The summed E-state index contributed by atoms with van der Waals surface area (Å²) in [6.07, 6.45) is 2.68. The summed E-state index contributed by atoms with van der Waals surface area (Å²) in [6, 6.07) is 4.01. The van der Waals surface area contributed by atoms with Crippen molar-refractivity contribution in [1.29, 1.82) is 0 Å². The van der Waals surface area contributed by atoms with E-state index in [-0.39, 0.29) is 12.0 Å². The molecular weight excluding hydrogens is 214 g/mol. The molecule has 17 heavy (non-hydrogen) atoms. The Morgan fingerprint density at radius 2 is 2.18 bits per heavy atom. The number of fused-ring (bicyclic) bond motifs is 1. The molecule has 3 nitrogen and oxygen atoms in total. The summed E-state index contributed by atoms with van der Waals surface area (Å²) >= 11 is 0. The van der Waals surface area contributed by atoms with Gasteiger partial charge in [0, 0.05) is 12.1 Å². The van der Waals surface area contributed by atoms with Crippen LogP contribution in [0.2, 0.25) is 0 Å². The molecule has 0 saturated carbocycles. The molecule has 0 fully saturated rings. The maximum Gasteiger partial charge on any atom is 0.224 e. The van der Waals surface area contributed by atoms with Gasteiger partial charge in [0.1, 0.15) is 0 Å². The quantitative estimate of drug-likeness (QED) is 0.843. The van der Waals surface area contributed by atoms with Crippen LogP contribution in [-0.4, -0.2) is 11.0 Å². The summed E-state index contributed by atoms with van der Waals surface area (Å²) in [6.45, 7) is 4.04. The largest absolute Gasteiger partial charge is 0.388 e. The summed E-state index contributed by atoms with van der Waals surface area (Å²) in [5.41, 5.74) is 4.10. The minimum Gasteiger partial charge on any atom is -0.388 e. The molecule has 1 aromatic carbocycles. The lowest BCUT2D eigenvalue weighted by molar-refractivity contribution is -0.116. The third-order valence-electron chi connectivity index (χ3n) is 3.27. The number of amides is 1. The van der Waals surface area contributed by atoms with Gasteiger partial charge in [-0.2, -0.15) is 0 Å². The summed E-state index contributed by atoms with van der Waals surface area (Å²) in [5, 5.41) is 12.9. The predicted molar refractivity (Wildman–Crippen MR) is 68.0 cm³/mol. The number of aliphatic hydroxyl groups excluding tert-OH is 1. The number of anilines is 1. The summed E-state index contributed by atoms with van der Waals surface area (Å²) in [7, 11) is 0. The molecular formula is C14H19NO2. The summed E-state index contributed by atoms with van der Waals surface area (Å²) in [4.78, 5) is 11.3. The van der Waals surface area contributed by atoms with Gasteiger partial charge < -0.3 is 10.4 Å². The molecule has 0 saturated heterocycles. The van der Waals surface area contributed by atoms with Crippen LogP contribution in [0.5, 0.6) is 0 Å². The molecule has 1 atom stereocenters. The molecule has 92 valence electrons. The Bertz CT molecular complexity index is 440. The SMILES string of the molecule is CCCC(O)c1cc(C)c2c(c1)CCC(=O)N2. The molecule has 0 radical (unpaired) electrons. The number of rotatable bonds is 3. The molecule has 3 heteroatoms. The molecule has 1 aliphatic rings. The lowest BCUT2D eigenvalue weighted by atomic mass is 9.93. The van der Waals surface area contributed by atoms with E-state index >= 15 is 0 Å². The number of aliphatic hydroxyl groups is 1. The van der Waals surface area contributed by atoms with Gasteiger partial charge in [-0.25, -0.2) is 0 Å². The van der Waals surface area contributed by atoms with Gasteiger partial charge >= 0.3 is 0 Å². The van der Waals surface area contributed by atoms with Crippen LogP contribution < -0.4 is 5.32 Å². The number of aryl methyl sites for hydroxylation is 2. The van der Waals surface area contributed by atoms with Crippen molar-refractivity contribution in [2.75, 3.05) is 5.32 Å². The number of carbonyl (C=O) groups excluding carboxylic acids is 1. The first-order chi connectivity index (χ1) is 8.11. The zero-order valence-electron chi connectivity index (χ0n) is 10.4. The van der Waals surface area contributed by atoms with E-state index in [0.29, 0.717) is 6.42 Å². The van der Waals surface area contributed by atoms with Gasteiger partial charge in [0.15, 0.2) is 0 Å². The van der Waals surface area contributed by atoms with E-state index in [9.17, 15) is 9.90 Å². The number of carbonyl (C=O) groups is 1. The maximum atomic E-state index is 11.3. The van der Waals surface area contributed by atoms with E-state index < -0.39 is 0 Å². The Labute approximate surface area is 102 Å². The summed E-state index contributed by atoms with van der Waals surface area (Å²) < 4.78 is 0. The molecule has 1 aromatic rings. The average molecular weight is 233 g/mol. The topological polar surface area (TPSA) is 49.3 Å². The molecule has 1 amide bonds. The fraction of sp³-hybridized carbons (Fsp3) is 0.500. The molecule has 2 rings (SSSR count). The van der Waals surface area contributed by atoms with Gasteiger partial charge in [-0.05, 0) is 36.5 Å². The minimum atomic E-state index is -0.387. The van der Waals surface area contributed by atoms with Crippen molar-refractivity contribution in [3.8, 4) is 0 Å². The van der Waals surface area contributed by atoms with Gasteiger partial charge in [-0.3, -0.25) is 4.79 Å². The Morgan fingerprint density at radius 3 is 2.88 bits per heavy atom.